The lowest BCUT2D eigenvalue weighted by atomic mass is 10.3. The molecule has 64 valence electrons. The molecule has 0 fully saturated rings. The van der Waals surface area contributed by atoms with Crippen molar-refractivity contribution < 1.29 is 4.70 Å². The largest absolute Gasteiger partial charge is 0.269 e. The van der Waals surface area contributed by atoms with Crippen LogP contribution in [0.3, 0.4) is 0 Å². The van der Waals surface area contributed by atoms with Gasteiger partial charge in [0.1, 0.15) is 0 Å². The second kappa shape index (κ2) is 9.08. The van der Waals surface area contributed by atoms with Gasteiger partial charge in [0, 0.05) is 11.9 Å². The van der Waals surface area contributed by atoms with Crippen molar-refractivity contribution in [2.45, 2.75) is 27.2 Å². The highest BCUT2D eigenvalue weighted by molar-refractivity contribution is 5.02. The highest BCUT2D eigenvalue weighted by atomic mass is 19.0. The Labute approximate surface area is 67.8 Å². The van der Waals surface area contributed by atoms with Crippen LogP contribution in [0.2, 0.25) is 0 Å². The lowest BCUT2D eigenvalue weighted by molar-refractivity contribution is 1.04. The Morgan fingerprint density at radius 1 is 1.27 bits per heavy atom. The zero-order chi connectivity index (χ0) is 7.82. The molecule has 0 saturated heterocycles. The first kappa shape index (κ1) is 12.7. The molecule has 0 aliphatic carbocycles. The van der Waals surface area contributed by atoms with E-state index in [0.717, 1.165) is 12.1 Å². The summed E-state index contributed by atoms with van der Waals surface area (Å²) in [7, 11) is 0. The molecule has 0 aromatic carbocycles. The van der Waals surface area contributed by atoms with E-state index >= 15 is 0 Å². The van der Waals surface area contributed by atoms with Gasteiger partial charge in [-0.25, -0.2) is 0 Å². The summed E-state index contributed by atoms with van der Waals surface area (Å²) in [5, 5.41) is 0. The fourth-order valence-electron chi connectivity index (χ4n) is 0.607. The van der Waals surface area contributed by atoms with Gasteiger partial charge in [-0.2, -0.15) is 0 Å². The molecule has 0 unspecified atom stereocenters. The standard InChI is InChI=1S/C7H9N.C2H6.FH/c1-2-7-5-3-4-6-8-7;1-2;/h3-6H,2H2,1H3;1-2H3;1H. The van der Waals surface area contributed by atoms with Crippen LogP contribution in [0, 0.1) is 0 Å². The zero-order valence-corrected chi connectivity index (χ0v) is 7.37. The van der Waals surface area contributed by atoms with E-state index in [-0.39, 0.29) is 4.70 Å². The van der Waals surface area contributed by atoms with E-state index in [4.69, 9.17) is 0 Å². The fraction of sp³-hybridized carbons (Fsp3) is 0.444. The third kappa shape index (κ3) is 5.52. The van der Waals surface area contributed by atoms with Gasteiger partial charge in [-0.3, -0.25) is 9.69 Å². The van der Waals surface area contributed by atoms with Gasteiger partial charge < -0.3 is 0 Å². The van der Waals surface area contributed by atoms with E-state index in [1.807, 2.05) is 38.2 Å². The van der Waals surface area contributed by atoms with E-state index < -0.39 is 0 Å². The molecular weight excluding hydrogens is 141 g/mol. The molecule has 1 heterocycles. The lowest BCUT2D eigenvalue weighted by Gasteiger charge is -1.88. The number of aryl methyl sites for hydroxylation is 1. The summed E-state index contributed by atoms with van der Waals surface area (Å²) in [5.74, 6) is 0. The quantitative estimate of drug-likeness (QED) is 0.610. The van der Waals surface area contributed by atoms with Gasteiger partial charge in [0.05, 0.1) is 0 Å². The number of nitrogens with zero attached hydrogens (tertiary/aromatic N) is 1. The third-order valence-electron chi connectivity index (χ3n) is 1.09. The first-order valence-electron chi connectivity index (χ1n) is 3.83. The topological polar surface area (TPSA) is 12.9 Å². The summed E-state index contributed by atoms with van der Waals surface area (Å²) in [5.41, 5.74) is 1.16. The fourth-order valence-corrected chi connectivity index (χ4v) is 0.607. The number of rotatable bonds is 1. The second-order valence-corrected chi connectivity index (χ2v) is 1.67. The van der Waals surface area contributed by atoms with E-state index in [1.165, 1.54) is 0 Å². The molecule has 1 aromatic rings. The average Bonchev–Trinajstić information content (AvgIpc) is 2.10. The van der Waals surface area contributed by atoms with Gasteiger partial charge in [0.2, 0.25) is 0 Å². The Morgan fingerprint density at radius 3 is 2.18 bits per heavy atom. The van der Waals surface area contributed by atoms with E-state index in [1.54, 1.807) is 0 Å². The van der Waals surface area contributed by atoms with Crippen LogP contribution in [0.25, 0.3) is 0 Å². The summed E-state index contributed by atoms with van der Waals surface area (Å²) in [4.78, 5) is 4.10. The minimum Gasteiger partial charge on any atom is -0.269 e. The van der Waals surface area contributed by atoms with Crippen LogP contribution < -0.4 is 0 Å². The Morgan fingerprint density at radius 2 is 1.91 bits per heavy atom. The first-order valence-corrected chi connectivity index (χ1v) is 3.83. The summed E-state index contributed by atoms with van der Waals surface area (Å²) >= 11 is 0. The van der Waals surface area contributed by atoms with Gasteiger partial charge >= 0.3 is 0 Å². The molecule has 1 rings (SSSR count). The highest BCUT2D eigenvalue weighted by Gasteiger charge is 1.81. The molecule has 0 atom stereocenters. The lowest BCUT2D eigenvalue weighted by Crippen LogP contribution is -1.81. The summed E-state index contributed by atoms with van der Waals surface area (Å²) in [6.07, 6.45) is 2.85. The number of pyridine rings is 1. The molecule has 0 N–H and O–H groups in total. The van der Waals surface area contributed by atoms with Crippen molar-refractivity contribution in [1.82, 2.24) is 4.98 Å². The van der Waals surface area contributed by atoms with E-state index in [0.29, 0.717) is 0 Å². The molecular formula is C9H16FN. The van der Waals surface area contributed by atoms with Crippen molar-refractivity contribution in [2.24, 2.45) is 0 Å². The molecule has 0 radical (unpaired) electrons. The highest BCUT2D eigenvalue weighted by Crippen LogP contribution is 1.91. The molecule has 0 amide bonds. The second-order valence-electron chi connectivity index (χ2n) is 1.67. The Hall–Kier alpha value is -0.920. The Kier molecular flexibility index (Phi) is 10.5. The molecule has 0 aliphatic rings. The molecule has 1 aromatic heterocycles. The summed E-state index contributed by atoms with van der Waals surface area (Å²) in [6.45, 7) is 6.10. The Bertz CT molecular complexity index is 151. The maximum Gasteiger partial charge on any atom is 0.0400 e. The SMILES string of the molecule is CC.CCc1ccccn1.F. The monoisotopic (exact) mass is 157 g/mol. The molecule has 0 saturated carbocycles. The average molecular weight is 157 g/mol. The van der Waals surface area contributed by atoms with Gasteiger partial charge in [-0.15, -0.1) is 0 Å². The number of hydrogen-bond donors (Lipinski definition) is 0. The third-order valence-corrected chi connectivity index (χ3v) is 1.09. The van der Waals surface area contributed by atoms with Gasteiger partial charge in [-0.05, 0) is 18.6 Å². The van der Waals surface area contributed by atoms with Gasteiger partial charge in [0.25, 0.3) is 0 Å². The van der Waals surface area contributed by atoms with E-state index in [2.05, 4.69) is 11.9 Å². The summed E-state index contributed by atoms with van der Waals surface area (Å²) in [6, 6.07) is 5.96. The maximum atomic E-state index is 4.10. The van der Waals surface area contributed by atoms with Crippen LogP contribution in [0.4, 0.5) is 4.70 Å². The first-order chi connectivity index (χ1) is 4.93. The van der Waals surface area contributed by atoms with Crippen molar-refractivity contribution in [3.05, 3.63) is 30.1 Å². The van der Waals surface area contributed by atoms with Crippen LogP contribution in [0.15, 0.2) is 24.4 Å². The number of hydrogen-bond acceptors (Lipinski definition) is 1. The van der Waals surface area contributed by atoms with Crippen molar-refractivity contribution in [3.63, 3.8) is 0 Å². The molecule has 1 nitrogen and oxygen atoms in total. The van der Waals surface area contributed by atoms with Gasteiger partial charge in [-0.1, -0.05) is 26.8 Å². The minimum atomic E-state index is 0. The van der Waals surface area contributed by atoms with Crippen LogP contribution in [0.5, 0.6) is 0 Å². The van der Waals surface area contributed by atoms with E-state index in [9.17, 15) is 0 Å². The van der Waals surface area contributed by atoms with Crippen LogP contribution >= 0.6 is 0 Å². The normalized spacial score (nSPS) is 7.18. The predicted octanol–water partition coefficient (Wildman–Crippen LogP) is 2.82. The smallest absolute Gasteiger partial charge is 0.0400 e. The van der Waals surface area contributed by atoms with Crippen molar-refractivity contribution in [2.75, 3.05) is 0 Å². The molecule has 0 aliphatic heterocycles. The van der Waals surface area contributed by atoms with Crippen LogP contribution in [0.1, 0.15) is 26.5 Å². The minimum absolute atomic E-state index is 0. The molecule has 0 spiro atoms. The van der Waals surface area contributed by atoms with Crippen molar-refractivity contribution >= 4 is 0 Å². The molecule has 0 bridgehead atoms. The van der Waals surface area contributed by atoms with Crippen molar-refractivity contribution in [1.29, 1.82) is 0 Å². The summed E-state index contributed by atoms with van der Waals surface area (Å²) < 4.78 is 0. The number of aromatic nitrogens is 1. The molecule has 2 heteroatoms. The Balaban J connectivity index is 0. The van der Waals surface area contributed by atoms with Gasteiger partial charge in [0.15, 0.2) is 0 Å². The predicted molar refractivity (Wildman–Crippen MR) is 47.5 cm³/mol. The maximum absolute atomic E-state index is 4.10. The van der Waals surface area contributed by atoms with Crippen LogP contribution in [-0.2, 0) is 6.42 Å². The number of halogens is 1. The zero-order valence-electron chi connectivity index (χ0n) is 7.37. The van der Waals surface area contributed by atoms with Crippen molar-refractivity contribution in [3.8, 4) is 0 Å². The molecule has 11 heavy (non-hydrogen) atoms. The van der Waals surface area contributed by atoms with Crippen LogP contribution in [-0.4, -0.2) is 4.98 Å².